The molecule has 0 aliphatic heterocycles. The second kappa shape index (κ2) is 15.1. The summed E-state index contributed by atoms with van der Waals surface area (Å²) in [5.74, 6) is 0.861. The maximum atomic E-state index is 6.04. The van der Waals surface area contributed by atoms with Crippen molar-refractivity contribution in [2.24, 2.45) is 0 Å². The van der Waals surface area contributed by atoms with Crippen molar-refractivity contribution in [3.63, 3.8) is 0 Å². The topological polar surface area (TPSA) is 12.5 Å². The molecule has 0 amide bonds. The molecule has 0 aliphatic carbocycles. The lowest BCUT2D eigenvalue weighted by atomic mass is 10.1. The molecule has 208 valence electrons. The van der Waals surface area contributed by atoms with E-state index in [4.69, 9.17) is 4.74 Å². The summed E-state index contributed by atoms with van der Waals surface area (Å²) in [6, 6.07) is 46.6. The van der Waals surface area contributed by atoms with Crippen LogP contribution in [-0.4, -0.2) is 6.61 Å². The van der Waals surface area contributed by atoms with Crippen LogP contribution in [0.5, 0.6) is 5.75 Å². The quantitative estimate of drug-likeness (QED) is 0.144. The van der Waals surface area contributed by atoms with Crippen LogP contribution in [0.4, 0.5) is 17.1 Å². The van der Waals surface area contributed by atoms with Crippen molar-refractivity contribution in [1.29, 1.82) is 0 Å². The molecule has 0 radical (unpaired) electrons. The van der Waals surface area contributed by atoms with Crippen LogP contribution in [-0.2, 0) is 6.42 Å². The van der Waals surface area contributed by atoms with Gasteiger partial charge in [-0.05, 0) is 78.4 Å². The molecule has 5 aromatic carbocycles. The first-order chi connectivity index (χ1) is 20.8. The van der Waals surface area contributed by atoms with E-state index in [0.29, 0.717) is 6.61 Å². The third-order valence-electron chi connectivity index (χ3n) is 6.95. The standard InChI is InChI=1S/C40H37NO/c1-2-42-40-24-14-13-23-39(40)41(37-29-25-35(26-30-37)21-11-9-19-33-15-5-3-6-16-33)38-31-27-36(28-32-38)22-12-10-20-34-17-7-4-8-18-34/h3-9,11-19,21-32H,2,10,20H2,1H3/b19-9+,21-11+,22-12+. The maximum absolute atomic E-state index is 6.04. The van der Waals surface area contributed by atoms with E-state index in [-0.39, 0.29) is 0 Å². The van der Waals surface area contributed by atoms with Crippen LogP contribution in [0.15, 0.2) is 152 Å². The summed E-state index contributed by atoms with van der Waals surface area (Å²) in [5.41, 5.74) is 8.06. The molecule has 0 aromatic heterocycles. The number of anilines is 3. The van der Waals surface area contributed by atoms with Crippen molar-refractivity contribution in [2.45, 2.75) is 19.8 Å². The Kier molecular flexibility index (Phi) is 10.2. The summed E-state index contributed by atoms with van der Waals surface area (Å²) >= 11 is 0. The number of para-hydroxylation sites is 2. The van der Waals surface area contributed by atoms with Crippen LogP contribution in [0.3, 0.4) is 0 Å². The van der Waals surface area contributed by atoms with Crippen molar-refractivity contribution in [3.05, 3.63) is 174 Å². The normalized spacial score (nSPS) is 11.5. The minimum absolute atomic E-state index is 0.609. The van der Waals surface area contributed by atoms with Crippen molar-refractivity contribution in [3.8, 4) is 5.75 Å². The Bertz CT molecular complexity index is 1600. The van der Waals surface area contributed by atoms with Gasteiger partial charge in [0.25, 0.3) is 0 Å². The van der Waals surface area contributed by atoms with E-state index >= 15 is 0 Å². The average molecular weight is 548 g/mol. The van der Waals surface area contributed by atoms with Crippen molar-refractivity contribution >= 4 is 35.3 Å². The fourth-order valence-electron chi connectivity index (χ4n) is 4.83. The van der Waals surface area contributed by atoms with Gasteiger partial charge in [-0.1, -0.05) is 134 Å². The Balaban J connectivity index is 1.35. The van der Waals surface area contributed by atoms with Gasteiger partial charge in [-0.25, -0.2) is 0 Å². The summed E-state index contributed by atoms with van der Waals surface area (Å²) in [7, 11) is 0. The first-order valence-electron chi connectivity index (χ1n) is 14.6. The van der Waals surface area contributed by atoms with Crippen molar-refractivity contribution in [1.82, 2.24) is 0 Å². The zero-order chi connectivity index (χ0) is 28.8. The van der Waals surface area contributed by atoms with Gasteiger partial charge in [0.05, 0.1) is 12.3 Å². The zero-order valence-corrected chi connectivity index (χ0v) is 24.1. The monoisotopic (exact) mass is 547 g/mol. The predicted molar refractivity (Wildman–Crippen MR) is 181 cm³/mol. The van der Waals surface area contributed by atoms with Gasteiger partial charge in [-0.2, -0.15) is 0 Å². The Labute approximate surface area is 250 Å². The number of ether oxygens (including phenoxy) is 1. The van der Waals surface area contributed by atoms with E-state index in [0.717, 1.165) is 41.2 Å². The SMILES string of the molecule is CCOc1ccccc1N(c1ccc(/C=C/C=C/c2ccccc2)cc1)c1ccc(/C=C/CCc2ccccc2)cc1. The minimum Gasteiger partial charge on any atom is -0.492 e. The smallest absolute Gasteiger partial charge is 0.143 e. The largest absolute Gasteiger partial charge is 0.492 e. The molecule has 42 heavy (non-hydrogen) atoms. The zero-order valence-electron chi connectivity index (χ0n) is 24.1. The first kappa shape index (κ1) is 28.4. The molecule has 0 unspecified atom stereocenters. The van der Waals surface area contributed by atoms with Crippen LogP contribution in [0, 0.1) is 0 Å². The van der Waals surface area contributed by atoms with Gasteiger partial charge in [0.1, 0.15) is 5.75 Å². The molecule has 0 fully saturated rings. The summed E-state index contributed by atoms with van der Waals surface area (Å²) in [4.78, 5) is 2.26. The van der Waals surface area contributed by atoms with E-state index in [1.54, 1.807) is 0 Å². The van der Waals surface area contributed by atoms with Gasteiger partial charge < -0.3 is 9.64 Å². The molecule has 0 spiro atoms. The number of hydrogen-bond acceptors (Lipinski definition) is 2. The van der Waals surface area contributed by atoms with Crippen LogP contribution < -0.4 is 9.64 Å². The second-order valence-corrected chi connectivity index (χ2v) is 9.97. The lowest BCUT2D eigenvalue weighted by Crippen LogP contribution is -2.11. The van der Waals surface area contributed by atoms with Gasteiger partial charge >= 0.3 is 0 Å². The second-order valence-electron chi connectivity index (χ2n) is 9.97. The summed E-state index contributed by atoms with van der Waals surface area (Å²) < 4.78 is 6.04. The number of aryl methyl sites for hydroxylation is 1. The molecule has 0 bridgehead atoms. The van der Waals surface area contributed by atoms with E-state index in [9.17, 15) is 0 Å². The fraction of sp³-hybridized carbons (Fsp3) is 0.100. The minimum atomic E-state index is 0.609. The summed E-state index contributed by atoms with van der Waals surface area (Å²) in [5, 5.41) is 0. The third-order valence-corrected chi connectivity index (χ3v) is 6.95. The predicted octanol–water partition coefficient (Wildman–Crippen LogP) is 10.9. The highest BCUT2D eigenvalue weighted by Crippen LogP contribution is 2.40. The van der Waals surface area contributed by atoms with Gasteiger partial charge in [0.2, 0.25) is 0 Å². The van der Waals surface area contributed by atoms with Crippen molar-refractivity contribution < 1.29 is 4.74 Å². The highest BCUT2D eigenvalue weighted by molar-refractivity contribution is 5.81. The molecule has 0 heterocycles. The molecule has 5 rings (SSSR count). The summed E-state index contributed by atoms with van der Waals surface area (Å²) in [6.45, 7) is 2.63. The van der Waals surface area contributed by atoms with Crippen LogP contribution >= 0.6 is 0 Å². The average Bonchev–Trinajstić information content (AvgIpc) is 3.05. The molecular weight excluding hydrogens is 510 g/mol. The Hall–Kier alpha value is -5.08. The van der Waals surface area contributed by atoms with Crippen LogP contribution in [0.2, 0.25) is 0 Å². The first-order valence-corrected chi connectivity index (χ1v) is 14.6. The van der Waals surface area contributed by atoms with E-state index < -0.39 is 0 Å². The molecule has 0 saturated heterocycles. The van der Waals surface area contributed by atoms with Gasteiger partial charge in [0, 0.05) is 11.4 Å². The van der Waals surface area contributed by atoms with E-state index in [1.807, 2.05) is 25.1 Å². The van der Waals surface area contributed by atoms with Gasteiger partial charge in [-0.3, -0.25) is 0 Å². The van der Waals surface area contributed by atoms with Crippen molar-refractivity contribution in [2.75, 3.05) is 11.5 Å². The molecular formula is C40H37NO. The summed E-state index contributed by atoms with van der Waals surface area (Å²) in [6.07, 6.45) is 14.9. The molecule has 0 saturated carbocycles. The van der Waals surface area contributed by atoms with Crippen LogP contribution in [0.25, 0.3) is 18.2 Å². The van der Waals surface area contributed by atoms with E-state index in [2.05, 4.69) is 157 Å². The molecule has 0 aliphatic rings. The molecule has 2 nitrogen and oxygen atoms in total. The lowest BCUT2D eigenvalue weighted by Gasteiger charge is -2.27. The third kappa shape index (κ3) is 7.99. The number of benzene rings is 5. The molecule has 0 N–H and O–H groups in total. The number of allylic oxidation sites excluding steroid dienone is 3. The maximum Gasteiger partial charge on any atom is 0.143 e. The number of rotatable bonds is 12. The molecule has 5 aromatic rings. The fourth-order valence-corrected chi connectivity index (χ4v) is 4.83. The van der Waals surface area contributed by atoms with Crippen LogP contribution in [0.1, 0.15) is 35.6 Å². The number of hydrogen-bond donors (Lipinski definition) is 0. The Morgan fingerprint density at radius 1 is 0.548 bits per heavy atom. The highest BCUT2D eigenvalue weighted by Gasteiger charge is 2.16. The Morgan fingerprint density at radius 3 is 1.69 bits per heavy atom. The van der Waals surface area contributed by atoms with E-state index in [1.165, 1.54) is 16.7 Å². The lowest BCUT2D eigenvalue weighted by molar-refractivity contribution is 0.341. The Morgan fingerprint density at radius 2 is 1.07 bits per heavy atom. The van der Waals surface area contributed by atoms with Gasteiger partial charge in [-0.15, -0.1) is 0 Å². The molecule has 2 heteroatoms. The van der Waals surface area contributed by atoms with Gasteiger partial charge in [0.15, 0.2) is 0 Å². The number of nitrogens with zero attached hydrogens (tertiary/aromatic N) is 1. The molecule has 0 atom stereocenters. The highest BCUT2D eigenvalue weighted by atomic mass is 16.5.